The summed E-state index contributed by atoms with van der Waals surface area (Å²) in [6, 6.07) is 11.3. The van der Waals surface area contributed by atoms with Gasteiger partial charge in [0.05, 0.1) is 11.2 Å². The van der Waals surface area contributed by atoms with Crippen LogP contribution in [0, 0.1) is 0 Å². The van der Waals surface area contributed by atoms with Crippen LogP contribution in [-0.4, -0.2) is 24.6 Å². The molecule has 1 heterocycles. The molecular weight excluding hydrogens is 246 g/mol. The number of anilines is 1. The van der Waals surface area contributed by atoms with Crippen molar-refractivity contribution in [3.8, 4) is 0 Å². The molecule has 0 amide bonds. The second-order valence-electron chi connectivity index (χ2n) is 5.35. The third kappa shape index (κ3) is 2.54. The van der Waals surface area contributed by atoms with Gasteiger partial charge in [-0.2, -0.15) is 0 Å². The lowest BCUT2D eigenvalue weighted by Gasteiger charge is -2.25. The molecule has 3 heteroatoms. The van der Waals surface area contributed by atoms with Gasteiger partial charge < -0.3 is 10.2 Å². The first-order valence-electron chi connectivity index (χ1n) is 7.24. The quantitative estimate of drug-likeness (QED) is 0.815. The van der Waals surface area contributed by atoms with E-state index in [1.165, 1.54) is 23.9 Å². The molecule has 1 saturated carbocycles. The summed E-state index contributed by atoms with van der Waals surface area (Å²) in [5.74, 6) is 0. The summed E-state index contributed by atoms with van der Waals surface area (Å²) in [5.41, 5.74) is 3.46. The van der Waals surface area contributed by atoms with E-state index < -0.39 is 0 Å². The van der Waals surface area contributed by atoms with Gasteiger partial charge in [-0.3, -0.25) is 4.98 Å². The molecule has 1 aliphatic rings. The molecule has 0 atom stereocenters. The van der Waals surface area contributed by atoms with Crippen molar-refractivity contribution in [2.75, 3.05) is 18.5 Å². The van der Waals surface area contributed by atoms with Crippen molar-refractivity contribution in [3.05, 3.63) is 48.7 Å². The minimum Gasteiger partial charge on any atom is -0.364 e. The molecule has 1 aromatic heterocycles. The van der Waals surface area contributed by atoms with Crippen LogP contribution in [0.2, 0.25) is 0 Å². The zero-order chi connectivity index (χ0) is 13.9. The summed E-state index contributed by atoms with van der Waals surface area (Å²) in [7, 11) is 1.96. The fraction of sp³-hybridized carbons (Fsp3) is 0.353. The molecule has 1 fully saturated rings. The Bertz CT molecular complexity index is 617. The van der Waals surface area contributed by atoms with Crippen LogP contribution in [0.15, 0.2) is 43.0 Å². The van der Waals surface area contributed by atoms with Gasteiger partial charge in [-0.1, -0.05) is 24.3 Å². The molecule has 3 rings (SSSR count). The lowest BCUT2D eigenvalue weighted by molar-refractivity contribution is 0.791. The van der Waals surface area contributed by atoms with Crippen LogP contribution in [0.4, 0.5) is 5.69 Å². The second-order valence-corrected chi connectivity index (χ2v) is 5.35. The van der Waals surface area contributed by atoms with Crippen LogP contribution in [-0.2, 0) is 6.54 Å². The number of hydrogen-bond acceptors (Lipinski definition) is 3. The maximum Gasteiger partial charge on any atom is 0.0726 e. The predicted molar refractivity (Wildman–Crippen MR) is 85.1 cm³/mol. The minimum absolute atomic E-state index is 0.668. The van der Waals surface area contributed by atoms with Crippen molar-refractivity contribution < 1.29 is 0 Å². The molecule has 0 unspecified atom stereocenters. The van der Waals surface area contributed by atoms with Crippen molar-refractivity contribution in [1.82, 2.24) is 10.3 Å². The van der Waals surface area contributed by atoms with Gasteiger partial charge in [0.25, 0.3) is 0 Å². The van der Waals surface area contributed by atoms with Crippen molar-refractivity contribution in [1.29, 1.82) is 0 Å². The highest BCUT2D eigenvalue weighted by Gasteiger charge is 2.29. The van der Waals surface area contributed by atoms with Crippen molar-refractivity contribution in [2.45, 2.75) is 25.4 Å². The van der Waals surface area contributed by atoms with Gasteiger partial charge >= 0.3 is 0 Å². The molecule has 3 nitrogen and oxygen atoms in total. The molecule has 2 aromatic rings. The molecule has 0 spiro atoms. The molecule has 104 valence electrons. The molecule has 0 saturated heterocycles. The van der Waals surface area contributed by atoms with Gasteiger partial charge in [0.15, 0.2) is 0 Å². The Morgan fingerprint density at radius 1 is 1.40 bits per heavy atom. The van der Waals surface area contributed by atoms with E-state index >= 15 is 0 Å². The number of rotatable bonds is 6. The number of pyridine rings is 1. The normalized spacial score (nSPS) is 14.4. The maximum absolute atomic E-state index is 4.73. The Kier molecular flexibility index (Phi) is 3.70. The lowest BCUT2D eigenvalue weighted by atomic mass is 10.1. The Morgan fingerprint density at radius 2 is 2.20 bits per heavy atom. The summed E-state index contributed by atoms with van der Waals surface area (Å²) < 4.78 is 0. The molecule has 0 bridgehead atoms. The molecule has 1 aliphatic carbocycles. The van der Waals surface area contributed by atoms with Gasteiger partial charge in [-0.15, -0.1) is 6.58 Å². The second kappa shape index (κ2) is 5.63. The number of para-hydroxylation sites is 1. The highest BCUT2D eigenvalue weighted by Crippen LogP contribution is 2.35. The molecule has 20 heavy (non-hydrogen) atoms. The molecule has 0 radical (unpaired) electrons. The number of aromatic nitrogens is 1. The van der Waals surface area contributed by atoms with E-state index in [1.54, 1.807) is 0 Å². The zero-order valence-corrected chi connectivity index (χ0v) is 12.0. The predicted octanol–water partition coefficient (Wildman–Crippen LogP) is 3.11. The fourth-order valence-corrected chi connectivity index (χ4v) is 2.69. The van der Waals surface area contributed by atoms with Crippen molar-refractivity contribution in [2.24, 2.45) is 0 Å². The summed E-state index contributed by atoms with van der Waals surface area (Å²) >= 11 is 0. The number of hydrogen-bond donors (Lipinski definition) is 1. The van der Waals surface area contributed by atoms with Gasteiger partial charge in [-0.05, 0) is 32.0 Å². The monoisotopic (exact) mass is 267 g/mol. The number of fused-ring (bicyclic) bond motifs is 1. The van der Waals surface area contributed by atoms with Crippen LogP contribution in [0.5, 0.6) is 0 Å². The maximum atomic E-state index is 4.73. The van der Waals surface area contributed by atoms with E-state index in [4.69, 9.17) is 4.98 Å². The summed E-state index contributed by atoms with van der Waals surface area (Å²) in [5, 5.41) is 4.43. The Balaban J connectivity index is 2.12. The number of benzene rings is 1. The van der Waals surface area contributed by atoms with Gasteiger partial charge in [0.2, 0.25) is 0 Å². The topological polar surface area (TPSA) is 28.2 Å². The third-order valence-corrected chi connectivity index (χ3v) is 3.73. The highest BCUT2D eigenvalue weighted by atomic mass is 15.2. The van der Waals surface area contributed by atoms with E-state index in [9.17, 15) is 0 Å². The molecule has 0 aliphatic heterocycles. The van der Waals surface area contributed by atoms with Crippen LogP contribution < -0.4 is 10.2 Å². The first-order chi connectivity index (χ1) is 9.83. The standard InChI is InChI=1S/C17H21N3/c1-3-10-20(14-8-9-14)17-11-13(12-18-2)19-16-7-5-4-6-15(16)17/h3-7,11,14,18H,1,8-10,12H2,2H3. The number of nitrogens with zero attached hydrogens (tertiary/aromatic N) is 2. The van der Waals surface area contributed by atoms with Crippen molar-refractivity contribution >= 4 is 16.6 Å². The van der Waals surface area contributed by atoms with E-state index in [-0.39, 0.29) is 0 Å². The first-order valence-corrected chi connectivity index (χ1v) is 7.24. The van der Waals surface area contributed by atoms with Gasteiger partial charge in [0.1, 0.15) is 0 Å². The van der Waals surface area contributed by atoms with E-state index in [0.717, 1.165) is 24.3 Å². The van der Waals surface area contributed by atoms with E-state index in [0.29, 0.717) is 6.04 Å². The third-order valence-electron chi connectivity index (χ3n) is 3.73. The number of nitrogens with one attached hydrogen (secondary N) is 1. The van der Waals surface area contributed by atoms with E-state index in [2.05, 4.69) is 47.1 Å². The zero-order valence-electron chi connectivity index (χ0n) is 12.0. The fourth-order valence-electron chi connectivity index (χ4n) is 2.69. The largest absolute Gasteiger partial charge is 0.364 e. The Hall–Kier alpha value is -1.87. The SMILES string of the molecule is C=CCN(c1cc(CNC)nc2ccccc12)C1CC1. The first kappa shape index (κ1) is 13.1. The minimum atomic E-state index is 0.668. The van der Waals surface area contributed by atoms with Crippen LogP contribution >= 0.6 is 0 Å². The summed E-state index contributed by atoms with van der Waals surface area (Å²) in [4.78, 5) is 7.20. The summed E-state index contributed by atoms with van der Waals surface area (Å²) in [6.45, 7) is 5.60. The molecule has 1 N–H and O–H groups in total. The molecular formula is C17H21N3. The van der Waals surface area contributed by atoms with E-state index in [1.807, 2.05) is 13.1 Å². The van der Waals surface area contributed by atoms with Crippen LogP contribution in [0.1, 0.15) is 18.5 Å². The van der Waals surface area contributed by atoms with Crippen molar-refractivity contribution in [3.63, 3.8) is 0 Å². The van der Waals surface area contributed by atoms with Gasteiger partial charge in [0, 0.05) is 30.2 Å². The Morgan fingerprint density at radius 3 is 2.90 bits per heavy atom. The Labute approximate surface area is 120 Å². The van der Waals surface area contributed by atoms with Crippen LogP contribution in [0.25, 0.3) is 10.9 Å². The molecule has 1 aromatic carbocycles. The average molecular weight is 267 g/mol. The highest BCUT2D eigenvalue weighted by molar-refractivity contribution is 5.92. The smallest absolute Gasteiger partial charge is 0.0726 e. The van der Waals surface area contributed by atoms with Gasteiger partial charge in [-0.25, -0.2) is 0 Å². The lowest BCUT2D eigenvalue weighted by Crippen LogP contribution is -2.26. The van der Waals surface area contributed by atoms with Crippen LogP contribution in [0.3, 0.4) is 0 Å². The average Bonchev–Trinajstić information content (AvgIpc) is 3.29. The summed E-state index contributed by atoms with van der Waals surface area (Å²) in [6.07, 6.45) is 4.56.